The van der Waals surface area contributed by atoms with Crippen molar-refractivity contribution in [1.29, 1.82) is 0 Å². The molecule has 4 aromatic rings. The van der Waals surface area contributed by atoms with E-state index in [9.17, 15) is 14.7 Å². The summed E-state index contributed by atoms with van der Waals surface area (Å²) in [5.74, 6) is -0.616. The Hall–Kier alpha value is -4.10. The van der Waals surface area contributed by atoms with E-state index in [1.54, 1.807) is 56.3 Å². The van der Waals surface area contributed by atoms with E-state index < -0.39 is 12.1 Å². The van der Waals surface area contributed by atoms with Crippen LogP contribution in [0.5, 0.6) is 0 Å². The van der Waals surface area contributed by atoms with Crippen molar-refractivity contribution >= 4 is 35.0 Å². The molecule has 0 aliphatic carbocycles. The van der Waals surface area contributed by atoms with E-state index in [2.05, 4.69) is 5.16 Å². The van der Waals surface area contributed by atoms with Crippen molar-refractivity contribution in [3.05, 3.63) is 89.1 Å². The highest BCUT2D eigenvalue weighted by Gasteiger charge is 2.29. The van der Waals surface area contributed by atoms with Crippen LogP contribution in [0.25, 0.3) is 22.5 Å². The maximum atomic E-state index is 13.0. The maximum Gasteiger partial charge on any atom is 0.419 e. The fourth-order valence-corrected chi connectivity index (χ4v) is 3.81. The largest absolute Gasteiger partial charge is 0.478 e. The quantitative estimate of drug-likeness (QED) is 0.323. The summed E-state index contributed by atoms with van der Waals surface area (Å²) < 4.78 is 10.9. The lowest BCUT2D eigenvalue weighted by Gasteiger charge is -2.23. The SMILES string of the molecule is CCOC(=O)N(c1ccccc1Cl)c1c(C)noc1-c1ccc(-c2cccc(C(=O)O)c2)cc1. The second kappa shape index (κ2) is 9.80. The number of anilines is 2. The molecule has 0 aliphatic heterocycles. The van der Waals surface area contributed by atoms with Crippen molar-refractivity contribution in [2.45, 2.75) is 13.8 Å². The van der Waals surface area contributed by atoms with Gasteiger partial charge >= 0.3 is 12.1 Å². The minimum Gasteiger partial charge on any atom is -0.478 e. The molecule has 0 atom stereocenters. The number of hydrogen-bond acceptors (Lipinski definition) is 5. The lowest BCUT2D eigenvalue weighted by Crippen LogP contribution is -2.27. The third kappa shape index (κ3) is 4.51. The van der Waals surface area contributed by atoms with Crippen LogP contribution in [0.1, 0.15) is 23.0 Å². The Morgan fingerprint density at radius 3 is 2.38 bits per heavy atom. The summed E-state index contributed by atoms with van der Waals surface area (Å²) in [4.78, 5) is 25.6. The van der Waals surface area contributed by atoms with Gasteiger partial charge in [-0.15, -0.1) is 0 Å². The van der Waals surface area contributed by atoms with Gasteiger partial charge in [0, 0.05) is 5.56 Å². The van der Waals surface area contributed by atoms with Gasteiger partial charge in [-0.2, -0.15) is 0 Å². The normalized spacial score (nSPS) is 10.7. The predicted octanol–water partition coefficient (Wildman–Crippen LogP) is 6.96. The molecule has 1 aromatic heterocycles. The molecule has 3 aromatic carbocycles. The summed E-state index contributed by atoms with van der Waals surface area (Å²) in [6.45, 7) is 3.64. The van der Waals surface area contributed by atoms with Crippen molar-refractivity contribution in [3.63, 3.8) is 0 Å². The number of aromatic carboxylic acids is 1. The van der Waals surface area contributed by atoms with Crippen molar-refractivity contribution in [1.82, 2.24) is 5.16 Å². The Labute approximate surface area is 201 Å². The first-order valence-electron chi connectivity index (χ1n) is 10.5. The predicted molar refractivity (Wildman–Crippen MR) is 130 cm³/mol. The molecule has 0 spiro atoms. The number of aryl methyl sites for hydroxylation is 1. The smallest absolute Gasteiger partial charge is 0.419 e. The first-order chi connectivity index (χ1) is 16.4. The second-order valence-electron chi connectivity index (χ2n) is 7.39. The zero-order chi connectivity index (χ0) is 24.2. The molecular weight excluding hydrogens is 456 g/mol. The van der Waals surface area contributed by atoms with Gasteiger partial charge in [-0.3, -0.25) is 0 Å². The molecule has 8 heteroatoms. The van der Waals surface area contributed by atoms with E-state index in [4.69, 9.17) is 20.9 Å². The molecule has 0 saturated heterocycles. The molecular formula is C26H21ClN2O5. The highest BCUT2D eigenvalue weighted by molar-refractivity contribution is 6.34. The minimum absolute atomic E-state index is 0.184. The van der Waals surface area contributed by atoms with Gasteiger partial charge in [0.1, 0.15) is 11.4 Å². The number of para-hydroxylation sites is 1. The summed E-state index contributed by atoms with van der Waals surface area (Å²) in [5, 5.41) is 13.7. The number of ether oxygens (including phenoxy) is 1. The number of rotatable bonds is 6. The van der Waals surface area contributed by atoms with E-state index in [0.29, 0.717) is 33.4 Å². The number of nitrogens with zero attached hydrogens (tertiary/aromatic N) is 2. The van der Waals surface area contributed by atoms with Crippen molar-refractivity contribution in [3.8, 4) is 22.5 Å². The molecule has 0 fully saturated rings. The average Bonchev–Trinajstić information content (AvgIpc) is 3.22. The van der Waals surface area contributed by atoms with Crippen LogP contribution in [-0.4, -0.2) is 28.9 Å². The van der Waals surface area contributed by atoms with Gasteiger partial charge in [-0.25, -0.2) is 14.5 Å². The number of carbonyl (C=O) groups excluding carboxylic acids is 1. The Morgan fingerprint density at radius 2 is 1.71 bits per heavy atom. The standard InChI is InChI=1S/C26H21ClN2O5/c1-3-33-26(32)29(22-10-5-4-9-21(22)27)23-16(2)28-34-24(23)18-13-11-17(12-14-18)19-7-6-8-20(15-19)25(30)31/h4-15H,3H2,1-2H3,(H,30,31). The van der Waals surface area contributed by atoms with Crippen LogP contribution in [0, 0.1) is 6.92 Å². The molecule has 0 aliphatic rings. The topological polar surface area (TPSA) is 92.9 Å². The van der Waals surface area contributed by atoms with Crippen molar-refractivity contribution in [2.75, 3.05) is 11.5 Å². The first-order valence-corrected chi connectivity index (χ1v) is 10.9. The van der Waals surface area contributed by atoms with Gasteiger partial charge in [-0.05, 0) is 49.2 Å². The summed E-state index contributed by atoms with van der Waals surface area (Å²) in [7, 11) is 0. The van der Waals surface area contributed by atoms with Gasteiger partial charge in [0.2, 0.25) is 0 Å². The number of carbonyl (C=O) groups is 2. The van der Waals surface area contributed by atoms with Gasteiger partial charge < -0.3 is 14.4 Å². The summed E-state index contributed by atoms with van der Waals surface area (Å²) >= 11 is 6.41. The van der Waals surface area contributed by atoms with E-state index >= 15 is 0 Å². The van der Waals surface area contributed by atoms with Crippen LogP contribution in [0.3, 0.4) is 0 Å². The van der Waals surface area contributed by atoms with Crippen LogP contribution < -0.4 is 4.90 Å². The molecule has 0 radical (unpaired) electrons. The van der Waals surface area contributed by atoms with Crippen LogP contribution >= 0.6 is 11.6 Å². The van der Waals surface area contributed by atoms with Crippen LogP contribution in [0.4, 0.5) is 16.2 Å². The zero-order valence-electron chi connectivity index (χ0n) is 18.5. The number of amides is 1. The van der Waals surface area contributed by atoms with E-state index in [1.165, 1.54) is 4.90 Å². The average molecular weight is 477 g/mol. The maximum absolute atomic E-state index is 13.0. The number of halogens is 1. The molecule has 0 unspecified atom stereocenters. The van der Waals surface area contributed by atoms with Crippen molar-refractivity contribution in [2.24, 2.45) is 0 Å². The van der Waals surface area contributed by atoms with E-state index in [-0.39, 0.29) is 12.2 Å². The molecule has 34 heavy (non-hydrogen) atoms. The number of aromatic nitrogens is 1. The summed E-state index contributed by atoms with van der Waals surface area (Å²) in [6, 6.07) is 21.0. The molecule has 1 N–H and O–H groups in total. The Morgan fingerprint density at radius 1 is 1.00 bits per heavy atom. The van der Waals surface area contributed by atoms with E-state index in [1.807, 2.05) is 30.3 Å². The molecule has 7 nitrogen and oxygen atoms in total. The van der Waals surface area contributed by atoms with Gasteiger partial charge in [-0.1, -0.05) is 65.3 Å². The third-order valence-corrected chi connectivity index (χ3v) is 5.51. The lowest BCUT2D eigenvalue weighted by atomic mass is 10.0. The van der Waals surface area contributed by atoms with E-state index in [0.717, 1.165) is 11.1 Å². The van der Waals surface area contributed by atoms with Gasteiger partial charge in [0.05, 0.1) is 22.9 Å². The molecule has 0 saturated carbocycles. The first kappa shape index (κ1) is 23.1. The van der Waals surface area contributed by atoms with Gasteiger partial charge in [0.15, 0.2) is 5.76 Å². The molecule has 0 bridgehead atoms. The monoisotopic (exact) mass is 476 g/mol. The molecule has 172 valence electrons. The van der Waals surface area contributed by atoms with Crippen LogP contribution in [-0.2, 0) is 4.74 Å². The van der Waals surface area contributed by atoms with Crippen LogP contribution in [0.2, 0.25) is 5.02 Å². The fourth-order valence-electron chi connectivity index (χ4n) is 3.59. The number of carboxylic acids is 1. The highest BCUT2D eigenvalue weighted by Crippen LogP contribution is 2.41. The number of hydrogen-bond donors (Lipinski definition) is 1. The Balaban J connectivity index is 1.77. The minimum atomic E-state index is -0.987. The second-order valence-corrected chi connectivity index (χ2v) is 7.80. The van der Waals surface area contributed by atoms with Gasteiger partial charge in [0.25, 0.3) is 0 Å². The summed E-state index contributed by atoms with van der Waals surface area (Å²) in [5.41, 5.74) is 3.84. The number of benzene rings is 3. The number of carboxylic acid groups (broad SMARTS) is 1. The molecule has 1 heterocycles. The Bertz CT molecular complexity index is 1350. The zero-order valence-corrected chi connectivity index (χ0v) is 19.2. The van der Waals surface area contributed by atoms with Crippen LogP contribution in [0.15, 0.2) is 77.3 Å². The van der Waals surface area contributed by atoms with Crippen molar-refractivity contribution < 1.29 is 24.0 Å². The Kier molecular flexibility index (Phi) is 6.65. The molecule has 1 amide bonds. The lowest BCUT2D eigenvalue weighted by molar-refractivity contribution is 0.0697. The third-order valence-electron chi connectivity index (χ3n) is 5.19. The molecule has 4 rings (SSSR count). The fraction of sp³-hybridized carbons (Fsp3) is 0.115. The highest BCUT2D eigenvalue weighted by atomic mass is 35.5. The summed E-state index contributed by atoms with van der Waals surface area (Å²) in [6.07, 6.45) is -0.606.